The lowest BCUT2D eigenvalue weighted by Gasteiger charge is -2.06. The van der Waals surface area contributed by atoms with Crippen LogP contribution in [0.4, 0.5) is 5.69 Å². The van der Waals surface area contributed by atoms with Crippen LogP contribution < -0.4 is 5.73 Å². The lowest BCUT2D eigenvalue weighted by molar-refractivity contribution is -0.384. The summed E-state index contributed by atoms with van der Waals surface area (Å²) in [4.78, 5) is 10.00. The number of nitro benzene ring substituents is 1. The van der Waals surface area contributed by atoms with Crippen LogP contribution in [0.2, 0.25) is 5.02 Å². The molecule has 0 spiro atoms. The fourth-order valence-corrected chi connectivity index (χ4v) is 1.20. The molecular weight excluding hydrogens is 239 g/mol. The van der Waals surface area contributed by atoms with Gasteiger partial charge >= 0.3 is 0 Å². The van der Waals surface area contributed by atoms with Gasteiger partial charge in [-0.05, 0) is 11.6 Å². The van der Waals surface area contributed by atoms with Crippen molar-refractivity contribution < 1.29 is 4.92 Å². The highest BCUT2D eigenvalue weighted by atomic mass is 35.5. The Bertz CT molecular complexity index is 382. The number of hydrogen-bond donors (Lipinski definition) is 1. The Morgan fingerprint density at radius 3 is 2.67 bits per heavy atom. The number of halogens is 2. The zero-order chi connectivity index (χ0) is 10.7. The van der Waals surface area contributed by atoms with Crippen LogP contribution in [0.25, 0.3) is 0 Å². The standard InChI is InChI=1S/C9H9ClN2O2.ClH/c1-2-8(11)6-3-4-7(10)9(5-6)12(13)14;/h2-5,8H,1,11H2;1H/t8-;/m1./s1. The number of benzene rings is 1. The summed E-state index contributed by atoms with van der Waals surface area (Å²) in [5, 5.41) is 10.6. The number of hydrogen-bond acceptors (Lipinski definition) is 3. The molecule has 0 aliphatic rings. The lowest BCUT2D eigenvalue weighted by atomic mass is 10.1. The molecule has 0 unspecified atom stereocenters. The molecule has 1 aromatic carbocycles. The van der Waals surface area contributed by atoms with E-state index in [-0.39, 0.29) is 23.1 Å². The molecule has 0 aliphatic carbocycles. The van der Waals surface area contributed by atoms with E-state index in [2.05, 4.69) is 6.58 Å². The Balaban J connectivity index is 0.00000196. The van der Waals surface area contributed by atoms with Crippen LogP contribution >= 0.6 is 24.0 Å². The van der Waals surface area contributed by atoms with Crippen LogP contribution in [0.5, 0.6) is 0 Å². The van der Waals surface area contributed by atoms with E-state index in [0.717, 1.165) is 0 Å². The van der Waals surface area contributed by atoms with Gasteiger partial charge < -0.3 is 5.73 Å². The fraction of sp³-hybridized carbons (Fsp3) is 0.111. The second-order valence-electron chi connectivity index (χ2n) is 2.73. The van der Waals surface area contributed by atoms with Crippen LogP contribution in [0.15, 0.2) is 30.9 Å². The van der Waals surface area contributed by atoms with Crippen molar-refractivity contribution in [1.29, 1.82) is 0 Å². The largest absolute Gasteiger partial charge is 0.321 e. The molecule has 82 valence electrons. The second-order valence-corrected chi connectivity index (χ2v) is 3.14. The minimum Gasteiger partial charge on any atom is -0.321 e. The zero-order valence-corrected chi connectivity index (χ0v) is 9.29. The third kappa shape index (κ3) is 3.20. The molecule has 0 radical (unpaired) electrons. The number of nitrogens with zero attached hydrogens (tertiary/aromatic N) is 1. The van der Waals surface area contributed by atoms with Crippen LogP contribution in [0.3, 0.4) is 0 Å². The Hall–Kier alpha value is -1.10. The predicted molar refractivity (Wildman–Crippen MR) is 62.5 cm³/mol. The first kappa shape index (κ1) is 13.9. The minimum absolute atomic E-state index is 0. The van der Waals surface area contributed by atoms with Gasteiger partial charge in [-0.15, -0.1) is 19.0 Å². The molecule has 0 fully saturated rings. The quantitative estimate of drug-likeness (QED) is 0.508. The Morgan fingerprint density at radius 1 is 1.60 bits per heavy atom. The summed E-state index contributed by atoms with van der Waals surface area (Å²) in [5.74, 6) is 0. The second kappa shape index (κ2) is 5.70. The zero-order valence-electron chi connectivity index (χ0n) is 7.72. The van der Waals surface area contributed by atoms with Gasteiger partial charge in [-0.1, -0.05) is 23.7 Å². The SMILES string of the molecule is C=C[C@@H](N)c1ccc(Cl)c([N+](=O)[O-])c1.Cl. The third-order valence-corrected chi connectivity index (χ3v) is 2.13. The van der Waals surface area contributed by atoms with Crippen LogP contribution in [-0.4, -0.2) is 4.92 Å². The van der Waals surface area contributed by atoms with Crippen molar-refractivity contribution in [3.63, 3.8) is 0 Å². The van der Waals surface area contributed by atoms with Gasteiger partial charge in [-0.2, -0.15) is 0 Å². The van der Waals surface area contributed by atoms with Gasteiger partial charge in [-0.3, -0.25) is 10.1 Å². The first-order valence-corrected chi connectivity index (χ1v) is 4.26. The maximum atomic E-state index is 10.5. The molecule has 0 aliphatic heterocycles. The van der Waals surface area contributed by atoms with Crippen molar-refractivity contribution in [2.45, 2.75) is 6.04 Å². The van der Waals surface area contributed by atoms with Crippen molar-refractivity contribution in [3.8, 4) is 0 Å². The highest BCUT2D eigenvalue weighted by Crippen LogP contribution is 2.27. The highest BCUT2D eigenvalue weighted by molar-refractivity contribution is 6.32. The van der Waals surface area contributed by atoms with Crippen LogP contribution in [0, 0.1) is 10.1 Å². The predicted octanol–water partition coefficient (Wildman–Crippen LogP) is 2.86. The smallest absolute Gasteiger partial charge is 0.288 e. The Kier molecular flexibility index (Phi) is 5.28. The van der Waals surface area contributed by atoms with Crippen molar-refractivity contribution in [2.24, 2.45) is 5.73 Å². The fourth-order valence-electron chi connectivity index (χ4n) is 1.01. The summed E-state index contributed by atoms with van der Waals surface area (Å²) in [5.41, 5.74) is 6.11. The van der Waals surface area contributed by atoms with E-state index < -0.39 is 11.0 Å². The Morgan fingerprint density at radius 2 is 2.20 bits per heavy atom. The monoisotopic (exact) mass is 248 g/mol. The molecule has 0 saturated carbocycles. The molecule has 0 aromatic heterocycles. The third-order valence-electron chi connectivity index (χ3n) is 1.81. The first-order valence-electron chi connectivity index (χ1n) is 3.88. The molecule has 1 rings (SSSR count). The van der Waals surface area contributed by atoms with Gasteiger partial charge in [-0.25, -0.2) is 0 Å². The molecule has 0 heterocycles. The molecule has 0 amide bonds. The van der Waals surface area contributed by atoms with Crippen molar-refractivity contribution in [1.82, 2.24) is 0 Å². The lowest BCUT2D eigenvalue weighted by Crippen LogP contribution is -2.06. The van der Waals surface area contributed by atoms with E-state index in [0.29, 0.717) is 5.56 Å². The molecule has 0 saturated heterocycles. The molecule has 1 aromatic rings. The van der Waals surface area contributed by atoms with Crippen molar-refractivity contribution in [3.05, 3.63) is 51.6 Å². The number of nitrogens with two attached hydrogens (primary N) is 1. The summed E-state index contributed by atoms with van der Waals surface area (Å²) < 4.78 is 0. The van der Waals surface area contributed by atoms with Crippen molar-refractivity contribution in [2.75, 3.05) is 0 Å². The molecule has 15 heavy (non-hydrogen) atoms. The average Bonchev–Trinajstić information content (AvgIpc) is 2.17. The van der Waals surface area contributed by atoms with Gasteiger partial charge in [0, 0.05) is 12.1 Å². The van der Waals surface area contributed by atoms with E-state index in [1.165, 1.54) is 18.2 Å². The highest BCUT2D eigenvalue weighted by Gasteiger charge is 2.14. The average molecular weight is 249 g/mol. The molecule has 4 nitrogen and oxygen atoms in total. The molecule has 6 heteroatoms. The van der Waals surface area contributed by atoms with Crippen molar-refractivity contribution >= 4 is 29.7 Å². The molecule has 0 bridgehead atoms. The normalized spacial score (nSPS) is 11.3. The maximum Gasteiger partial charge on any atom is 0.288 e. The minimum atomic E-state index is -0.540. The van der Waals surface area contributed by atoms with Gasteiger partial charge in [0.1, 0.15) is 5.02 Å². The first-order chi connectivity index (χ1) is 6.56. The van der Waals surface area contributed by atoms with Gasteiger partial charge in [0.25, 0.3) is 5.69 Å². The molecule has 2 N–H and O–H groups in total. The van der Waals surface area contributed by atoms with E-state index in [1.807, 2.05) is 0 Å². The maximum absolute atomic E-state index is 10.5. The van der Waals surface area contributed by atoms with E-state index in [9.17, 15) is 10.1 Å². The Labute approximate surface area is 98.3 Å². The van der Waals surface area contributed by atoms with E-state index in [4.69, 9.17) is 17.3 Å². The number of nitro groups is 1. The summed E-state index contributed by atoms with van der Waals surface area (Å²) >= 11 is 5.63. The summed E-state index contributed by atoms with van der Waals surface area (Å²) in [7, 11) is 0. The molecular formula is C9H10Cl2N2O2. The van der Waals surface area contributed by atoms with Gasteiger partial charge in [0.05, 0.1) is 4.92 Å². The van der Waals surface area contributed by atoms with Gasteiger partial charge in [0.15, 0.2) is 0 Å². The molecule has 1 atom stereocenters. The summed E-state index contributed by atoms with van der Waals surface area (Å²) in [6.45, 7) is 3.51. The van der Waals surface area contributed by atoms with Gasteiger partial charge in [0.2, 0.25) is 0 Å². The topological polar surface area (TPSA) is 69.2 Å². The van der Waals surface area contributed by atoms with E-state index >= 15 is 0 Å². The van der Waals surface area contributed by atoms with Crippen LogP contribution in [-0.2, 0) is 0 Å². The summed E-state index contributed by atoms with van der Waals surface area (Å²) in [6, 6.07) is 4.04. The van der Waals surface area contributed by atoms with Crippen LogP contribution in [0.1, 0.15) is 11.6 Å². The van der Waals surface area contributed by atoms with E-state index in [1.54, 1.807) is 6.07 Å². The summed E-state index contributed by atoms with van der Waals surface area (Å²) in [6.07, 6.45) is 1.51. The number of rotatable bonds is 3.